The van der Waals surface area contributed by atoms with Crippen molar-refractivity contribution in [3.05, 3.63) is 36.2 Å². The van der Waals surface area contributed by atoms with Crippen molar-refractivity contribution < 1.29 is 27.5 Å². The average Bonchev–Trinajstić information content (AvgIpc) is 2.72. The molecule has 160 valence electrons. The fourth-order valence-electron chi connectivity index (χ4n) is 2.21. The molecule has 12 heteroatoms. The fourth-order valence-corrected chi connectivity index (χ4v) is 3.27. The second kappa shape index (κ2) is 9.31. The molecule has 1 aromatic carbocycles. The first kappa shape index (κ1) is 22.7. The van der Waals surface area contributed by atoms with Crippen molar-refractivity contribution in [2.45, 2.75) is 30.9 Å². The molecule has 1 heterocycles. The molecule has 2 aromatic rings. The number of carbonyl (C=O) groups excluding carboxylic acids is 3. The van der Waals surface area contributed by atoms with E-state index in [9.17, 15) is 22.8 Å². The van der Waals surface area contributed by atoms with Gasteiger partial charge < -0.3 is 10.5 Å². The number of nitrogens with zero attached hydrogens (tertiary/aromatic N) is 2. The first-order chi connectivity index (χ1) is 14.1. The summed E-state index contributed by atoms with van der Waals surface area (Å²) >= 11 is 0. The molecule has 2 amide bonds. The molecule has 0 saturated carbocycles. The van der Waals surface area contributed by atoms with Crippen LogP contribution in [-0.2, 0) is 24.2 Å². The molecule has 11 nitrogen and oxygen atoms in total. The van der Waals surface area contributed by atoms with Crippen LogP contribution in [0.3, 0.4) is 0 Å². The minimum absolute atomic E-state index is 0.00206. The number of anilines is 1. The minimum atomic E-state index is -3.43. The molecule has 1 aromatic heterocycles. The van der Waals surface area contributed by atoms with Gasteiger partial charge in [0, 0.05) is 5.56 Å². The van der Waals surface area contributed by atoms with Crippen molar-refractivity contribution in [3.8, 4) is 11.3 Å². The Morgan fingerprint density at radius 3 is 2.33 bits per heavy atom. The van der Waals surface area contributed by atoms with E-state index in [1.807, 2.05) is 10.9 Å². The molecule has 0 atom stereocenters. The summed E-state index contributed by atoms with van der Waals surface area (Å²) in [5.41, 5.74) is 10.0. The van der Waals surface area contributed by atoms with Crippen LogP contribution in [0.25, 0.3) is 11.3 Å². The van der Waals surface area contributed by atoms with E-state index in [1.54, 1.807) is 13.8 Å². The number of nitrogens with two attached hydrogens (primary N) is 1. The van der Waals surface area contributed by atoms with Crippen molar-refractivity contribution in [3.63, 3.8) is 0 Å². The SMILES string of the molecule is CCOC(=O)C(=O)NNC(=O)c1nc(-c2ccc(S(=O)(=O)C(C)C)cc2)cnc1N. The minimum Gasteiger partial charge on any atom is -0.459 e. The number of benzene rings is 1. The van der Waals surface area contributed by atoms with Gasteiger partial charge >= 0.3 is 11.9 Å². The van der Waals surface area contributed by atoms with Gasteiger partial charge in [-0.3, -0.25) is 20.4 Å². The van der Waals surface area contributed by atoms with Gasteiger partial charge in [-0.1, -0.05) is 12.1 Å². The number of hydrogen-bond acceptors (Lipinski definition) is 9. The van der Waals surface area contributed by atoms with Gasteiger partial charge in [-0.25, -0.2) is 23.2 Å². The molecule has 0 radical (unpaired) electrons. The topological polar surface area (TPSA) is 170 Å². The van der Waals surface area contributed by atoms with Crippen LogP contribution in [0.1, 0.15) is 31.3 Å². The molecule has 0 aliphatic carbocycles. The lowest BCUT2D eigenvalue weighted by Crippen LogP contribution is -2.45. The Morgan fingerprint density at radius 2 is 1.77 bits per heavy atom. The lowest BCUT2D eigenvalue weighted by Gasteiger charge is -2.10. The van der Waals surface area contributed by atoms with Crippen molar-refractivity contribution in [2.24, 2.45) is 0 Å². The second-order valence-corrected chi connectivity index (χ2v) is 8.74. The summed E-state index contributed by atoms with van der Waals surface area (Å²) in [5, 5.41) is -0.570. The number of nitrogen functional groups attached to an aromatic ring is 1. The van der Waals surface area contributed by atoms with Crippen LogP contribution < -0.4 is 16.6 Å². The largest absolute Gasteiger partial charge is 0.459 e. The zero-order chi connectivity index (χ0) is 22.5. The van der Waals surface area contributed by atoms with E-state index in [-0.39, 0.29) is 28.7 Å². The molecule has 2 rings (SSSR count). The van der Waals surface area contributed by atoms with Gasteiger partial charge in [0.2, 0.25) is 0 Å². The highest BCUT2D eigenvalue weighted by Crippen LogP contribution is 2.22. The monoisotopic (exact) mass is 435 g/mol. The number of hydrogen-bond donors (Lipinski definition) is 3. The Kier molecular flexibility index (Phi) is 7.06. The maximum absolute atomic E-state index is 12.3. The Labute approximate surface area is 172 Å². The van der Waals surface area contributed by atoms with E-state index in [1.165, 1.54) is 37.4 Å². The second-order valence-electron chi connectivity index (χ2n) is 6.24. The quantitative estimate of drug-likeness (QED) is 0.338. The normalized spacial score (nSPS) is 11.1. The van der Waals surface area contributed by atoms with Crippen LogP contribution >= 0.6 is 0 Å². The van der Waals surface area contributed by atoms with Crippen LogP contribution in [0.4, 0.5) is 5.82 Å². The van der Waals surface area contributed by atoms with Crippen molar-refractivity contribution >= 4 is 33.4 Å². The average molecular weight is 435 g/mol. The van der Waals surface area contributed by atoms with E-state index in [0.29, 0.717) is 5.56 Å². The van der Waals surface area contributed by atoms with Crippen LogP contribution in [-0.4, -0.2) is 48.0 Å². The molecule has 30 heavy (non-hydrogen) atoms. The Bertz CT molecular complexity index is 1070. The zero-order valence-electron chi connectivity index (χ0n) is 16.5. The predicted octanol–water partition coefficient (Wildman–Crippen LogP) is 0.232. The van der Waals surface area contributed by atoms with Crippen molar-refractivity contribution in [1.82, 2.24) is 20.8 Å². The Morgan fingerprint density at radius 1 is 1.13 bits per heavy atom. The number of esters is 1. The first-order valence-electron chi connectivity index (χ1n) is 8.82. The maximum atomic E-state index is 12.3. The molecule has 0 fully saturated rings. The number of carbonyl (C=O) groups is 3. The number of nitrogens with one attached hydrogen (secondary N) is 2. The van der Waals surface area contributed by atoms with Crippen molar-refractivity contribution in [1.29, 1.82) is 0 Å². The van der Waals surface area contributed by atoms with E-state index in [0.717, 1.165) is 0 Å². The molecule has 0 spiro atoms. The summed E-state index contributed by atoms with van der Waals surface area (Å²) in [7, 11) is -3.43. The Hall–Kier alpha value is -3.54. The number of ether oxygens (including phenoxy) is 1. The molecular formula is C18H21N5O6S. The van der Waals surface area contributed by atoms with E-state index >= 15 is 0 Å². The smallest absolute Gasteiger partial charge is 0.398 e. The predicted molar refractivity (Wildman–Crippen MR) is 106 cm³/mol. The number of amides is 2. The number of sulfone groups is 1. The third-order valence-corrected chi connectivity index (χ3v) is 6.04. The molecule has 0 aliphatic rings. The standard InChI is InChI=1S/C18H21N5O6S/c1-4-29-18(26)17(25)23-22-16(24)14-15(19)20-9-13(21-14)11-5-7-12(8-6-11)30(27,28)10(2)3/h5-10H,4H2,1-3H3,(H2,19,20)(H,22,24)(H,23,25). The highest BCUT2D eigenvalue weighted by atomic mass is 32.2. The summed E-state index contributed by atoms with van der Waals surface area (Å²) in [6.07, 6.45) is 1.31. The van der Waals surface area contributed by atoms with Gasteiger partial charge in [-0.15, -0.1) is 0 Å². The van der Waals surface area contributed by atoms with E-state index < -0.39 is 32.9 Å². The molecule has 0 saturated heterocycles. The molecule has 0 bridgehead atoms. The zero-order valence-corrected chi connectivity index (χ0v) is 17.3. The third-order valence-electron chi connectivity index (χ3n) is 3.87. The summed E-state index contributed by atoms with van der Waals surface area (Å²) in [4.78, 5) is 43.2. The van der Waals surface area contributed by atoms with Crippen LogP contribution in [0.5, 0.6) is 0 Å². The number of aromatic nitrogens is 2. The van der Waals surface area contributed by atoms with Gasteiger partial charge in [0.15, 0.2) is 21.3 Å². The summed E-state index contributed by atoms with van der Waals surface area (Å²) in [5.74, 6) is -3.45. The van der Waals surface area contributed by atoms with Gasteiger partial charge in [0.05, 0.1) is 28.6 Å². The van der Waals surface area contributed by atoms with Crippen LogP contribution in [0, 0.1) is 0 Å². The molecule has 0 unspecified atom stereocenters. The lowest BCUT2D eigenvalue weighted by molar-refractivity contribution is -0.154. The van der Waals surface area contributed by atoms with E-state index in [4.69, 9.17) is 5.73 Å². The number of rotatable bonds is 5. The van der Waals surface area contributed by atoms with Crippen molar-refractivity contribution in [2.75, 3.05) is 12.3 Å². The Balaban J connectivity index is 2.21. The van der Waals surface area contributed by atoms with Gasteiger partial charge in [0.1, 0.15) is 0 Å². The third kappa shape index (κ3) is 5.08. The van der Waals surface area contributed by atoms with Gasteiger partial charge in [-0.05, 0) is 32.9 Å². The molecule has 4 N–H and O–H groups in total. The van der Waals surface area contributed by atoms with Crippen LogP contribution in [0.15, 0.2) is 35.4 Å². The first-order valence-corrected chi connectivity index (χ1v) is 10.4. The van der Waals surface area contributed by atoms with E-state index in [2.05, 4.69) is 14.7 Å². The highest BCUT2D eigenvalue weighted by Gasteiger charge is 2.21. The maximum Gasteiger partial charge on any atom is 0.398 e. The fraction of sp³-hybridized carbons (Fsp3) is 0.278. The summed E-state index contributed by atoms with van der Waals surface area (Å²) in [6.45, 7) is 4.69. The van der Waals surface area contributed by atoms with Gasteiger partial charge in [-0.2, -0.15) is 0 Å². The van der Waals surface area contributed by atoms with Gasteiger partial charge in [0.25, 0.3) is 5.91 Å². The summed E-state index contributed by atoms with van der Waals surface area (Å²) in [6, 6.07) is 5.92. The summed E-state index contributed by atoms with van der Waals surface area (Å²) < 4.78 is 28.9. The lowest BCUT2D eigenvalue weighted by atomic mass is 10.1. The molecule has 0 aliphatic heterocycles. The number of hydrazine groups is 1. The molecular weight excluding hydrogens is 414 g/mol. The van der Waals surface area contributed by atoms with Crippen LogP contribution in [0.2, 0.25) is 0 Å². The highest BCUT2D eigenvalue weighted by molar-refractivity contribution is 7.92.